The fourth-order valence-corrected chi connectivity index (χ4v) is 5.27. The van der Waals surface area contributed by atoms with Gasteiger partial charge in [-0.25, -0.2) is 4.79 Å². The first kappa shape index (κ1) is 21.7. The number of likely N-dealkylation sites (tertiary alicyclic amines) is 1. The maximum atomic E-state index is 13.2. The quantitative estimate of drug-likeness (QED) is 0.716. The summed E-state index contributed by atoms with van der Waals surface area (Å²) in [4.78, 5) is 28.9. The SMILES string of the molecule is Cc1cc(-c2ccc3c(c2)NCCC3)sc1C(=O)N1CC[C@H](NC(=O)OC(C)(C)C)C1. The molecule has 2 aliphatic heterocycles. The highest BCUT2D eigenvalue weighted by atomic mass is 32.1. The summed E-state index contributed by atoms with van der Waals surface area (Å²) in [5.74, 6) is 0.0401. The number of hydrogen-bond acceptors (Lipinski definition) is 5. The van der Waals surface area contributed by atoms with E-state index in [9.17, 15) is 9.59 Å². The van der Waals surface area contributed by atoms with Crippen LogP contribution < -0.4 is 10.6 Å². The van der Waals surface area contributed by atoms with E-state index in [2.05, 4.69) is 34.9 Å². The molecule has 0 spiro atoms. The van der Waals surface area contributed by atoms with E-state index < -0.39 is 11.7 Å². The molecule has 7 heteroatoms. The Bertz CT molecular complexity index is 992. The second kappa shape index (κ2) is 8.54. The molecule has 1 aromatic heterocycles. The Hall–Kier alpha value is -2.54. The highest BCUT2D eigenvalue weighted by Gasteiger charge is 2.31. The number of thiophene rings is 1. The van der Waals surface area contributed by atoms with Crippen LogP contribution in [0.4, 0.5) is 10.5 Å². The molecule has 0 saturated carbocycles. The predicted molar refractivity (Wildman–Crippen MR) is 125 cm³/mol. The molecule has 1 aromatic carbocycles. The van der Waals surface area contributed by atoms with Crippen molar-refractivity contribution in [2.75, 3.05) is 25.0 Å². The van der Waals surface area contributed by atoms with Gasteiger partial charge in [0.1, 0.15) is 5.60 Å². The van der Waals surface area contributed by atoms with Crippen LogP contribution in [0.3, 0.4) is 0 Å². The Morgan fingerprint density at radius 1 is 1.26 bits per heavy atom. The van der Waals surface area contributed by atoms with E-state index in [-0.39, 0.29) is 11.9 Å². The first-order chi connectivity index (χ1) is 14.7. The second-order valence-electron chi connectivity index (χ2n) is 9.41. The second-order valence-corrected chi connectivity index (χ2v) is 10.5. The molecule has 0 bridgehead atoms. The summed E-state index contributed by atoms with van der Waals surface area (Å²) in [6, 6.07) is 8.58. The summed E-state index contributed by atoms with van der Waals surface area (Å²) in [6.45, 7) is 9.67. The summed E-state index contributed by atoms with van der Waals surface area (Å²) >= 11 is 1.55. The summed E-state index contributed by atoms with van der Waals surface area (Å²) in [6.07, 6.45) is 2.59. The van der Waals surface area contributed by atoms with Crippen LogP contribution in [0.1, 0.15) is 54.4 Å². The number of ether oxygens (including phenoxy) is 1. The number of alkyl carbamates (subject to hydrolysis) is 1. The van der Waals surface area contributed by atoms with Crippen molar-refractivity contribution in [2.24, 2.45) is 0 Å². The molecular formula is C24H31N3O3S. The number of rotatable bonds is 3. The molecule has 1 saturated heterocycles. The van der Waals surface area contributed by atoms with Gasteiger partial charge in [-0.15, -0.1) is 11.3 Å². The van der Waals surface area contributed by atoms with Crippen molar-refractivity contribution in [2.45, 2.75) is 58.6 Å². The molecule has 1 atom stereocenters. The smallest absolute Gasteiger partial charge is 0.407 e. The number of benzene rings is 1. The predicted octanol–water partition coefficient (Wildman–Crippen LogP) is 4.82. The monoisotopic (exact) mass is 441 g/mol. The number of carbonyl (C=O) groups excluding carboxylic acids is 2. The number of fused-ring (bicyclic) bond motifs is 1. The van der Waals surface area contributed by atoms with Gasteiger partial charge in [0.25, 0.3) is 5.91 Å². The number of hydrogen-bond donors (Lipinski definition) is 2. The van der Waals surface area contributed by atoms with Gasteiger partial charge in [-0.1, -0.05) is 12.1 Å². The van der Waals surface area contributed by atoms with Gasteiger partial charge in [-0.3, -0.25) is 4.79 Å². The third kappa shape index (κ3) is 5.03. The van der Waals surface area contributed by atoms with Crippen LogP contribution in [0.5, 0.6) is 0 Å². The van der Waals surface area contributed by atoms with Crippen molar-refractivity contribution in [3.8, 4) is 10.4 Å². The van der Waals surface area contributed by atoms with Crippen molar-refractivity contribution < 1.29 is 14.3 Å². The van der Waals surface area contributed by atoms with Crippen LogP contribution in [-0.2, 0) is 11.2 Å². The Morgan fingerprint density at radius 3 is 2.84 bits per heavy atom. The van der Waals surface area contributed by atoms with E-state index >= 15 is 0 Å². The van der Waals surface area contributed by atoms with Crippen molar-refractivity contribution in [3.05, 3.63) is 40.3 Å². The Morgan fingerprint density at radius 2 is 2.06 bits per heavy atom. The minimum atomic E-state index is -0.533. The maximum Gasteiger partial charge on any atom is 0.407 e. The zero-order valence-corrected chi connectivity index (χ0v) is 19.5. The highest BCUT2D eigenvalue weighted by Crippen LogP contribution is 2.35. The molecule has 4 rings (SSSR count). The molecule has 1 fully saturated rings. The normalized spacial score (nSPS) is 18.3. The third-order valence-electron chi connectivity index (χ3n) is 5.64. The number of aryl methyl sites for hydroxylation is 2. The Kier molecular flexibility index (Phi) is 5.97. The topological polar surface area (TPSA) is 70.7 Å². The van der Waals surface area contributed by atoms with Crippen LogP contribution >= 0.6 is 11.3 Å². The zero-order valence-electron chi connectivity index (χ0n) is 18.7. The lowest BCUT2D eigenvalue weighted by Gasteiger charge is -2.22. The van der Waals surface area contributed by atoms with Crippen LogP contribution in [-0.4, -0.2) is 48.2 Å². The van der Waals surface area contributed by atoms with E-state index in [1.165, 1.54) is 17.7 Å². The Labute approximate surface area is 188 Å². The Balaban J connectivity index is 1.43. The van der Waals surface area contributed by atoms with Gasteiger partial charge in [0.15, 0.2) is 0 Å². The van der Waals surface area contributed by atoms with Gasteiger partial charge in [-0.2, -0.15) is 0 Å². The van der Waals surface area contributed by atoms with Crippen LogP contribution in [0, 0.1) is 6.92 Å². The van der Waals surface area contributed by atoms with E-state index in [1.807, 2.05) is 32.6 Å². The van der Waals surface area contributed by atoms with Gasteiger partial charge in [0.2, 0.25) is 0 Å². The number of nitrogens with zero attached hydrogens (tertiary/aromatic N) is 1. The highest BCUT2D eigenvalue weighted by molar-refractivity contribution is 7.17. The minimum absolute atomic E-state index is 0.0401. The average Bonchev–Trinajstić information content (AvgIpc) is 3.32. The van der Waals surface area contributed by atoms with Crippen LogP contribution in [0.25, 0.3) is 10.4 Å². The molecule has 2 aliphatic rings. The molecule has 3 heterocycles. The lowest BCUT2D eigenvalue weighted by atomic mass is 10.0. The number of carbonyl (C=O) groups is 2. The van der Waals surface area contributed by atoms with E-state index in [4.69, 9.17) is 4.74 Å². The minimum Gasteiger partial charge on any atom is -0.444 e. The fraction of sp³-hybridized carbons (Fsp3) is 0.500. The van der Waals surface area contributed by atoms with Crippen molar-refractivity contribution >= 4 is 29.0 Å². The summed E-state index contributed by atoms with van der Waals surface area (Å²) in [5, 5.41) is 6.37. The maximum absolute atomic E-state index is 13.2. The van der Waals surface area contributed by atoms with Gasteiger partial charge < -0.3 is 20.3 Å². The van der Waals surface area contributed by atoms with Crippen molar-refractivity contribution in [1.29, 1.82) is 0 Å². The van der Waals surface area contributed by atoms with Crippen LogP contribution in [0.2, 0.25) is 0 Å². The average molecular weight is 442 g/mol. The third-order valence-corrected chi connectivity index (χ3v) is 6.92. The van der Waals surface area contributed by atoms with E-state index in [1.54, 1.807) is 11.3 Å². The summed E-state index contributed by atoms with van der Waals surface area (Å²) in [7, 11) is 0. The molecule has 0 unspecified atom stereocenters. The fourth-order valence-electron chi connectivity index (χ4n) is 4.13. The van der Waals surface area contributed by atoms with Crippen LogP contribution in [0.15, 0.2) is 24.3 Å². The number of amides is 2. The molecule has 0 aliphatic carbocycles. The first-order valence-electron chi connectivity index (χ1n) is 11.0. The standard InChI is InChI=1S/C24H31N3O3S/c1-15-12-20(17-8-7-16-6-5-10-25-19(16)13-17)31-21(15)22(28)27-11-9-18(14-27)26-23(29)30-24(2,3)4/h7-8,12-13,18,25H,5-6,9-11,14H2,1-4H3,(H,26,29)/t18-/m0/s1. The summed E-state index contributed by atoms with van der Waals surface area (Å²) in [5.41, 5.74) is 4.18. The van der Waals surface area contributed by atoms with E-state index in [0.29, 0.717) is 13.1 Å². The van der Waals surface area contributed by atoms with Gasteiger partial charge >= 0.3 is 6.09 Å². The molecular weight excluding hydrogens is 410 g/mol. The molecule has 2 N–H and O–H groups in total. The lowest BCUT2D eigenvalue weighted by Crippen LogP contribution is -2.41. The lowest BCUT2D eigenvalue weighted by molar-refractivity contribution is 0.0502. The first-order valence-corrected chi connectivity index (χ1v) is 11.8. The molecule has 31 heavy (non-hydrogen) atoms. The van der Waals surface area contributed by atoms with Gasteiger partial charge in [0.05, 0.1) is 10.9 Å². The number of nitrogens with one attached hydrogen (secondary N) is 2. The number of anilines is 1. The van der Waals surface area contributed by atoms with Gasteiger partial charge in [-0.05, 0) is 75.8 Å². The zero-order chi connectivity index (χ0) is 22.2. The molecule has 2 amide bonds. The molecule has 166 valence electrons. The molecule has 2 aromatic rings. The van der Waals surface area contributed by atoms with Crippen molar-refractivity contribution in [3.63, 3.8) is 0 Å². The summed E-state index contributed by atoms with van der Waals surface area (Å²) < 4.78 is 5.33. The largest absolute Gasteiger partial charge is 0.444 e. The van der Waals surface area contributed by atoms with E-state index in [0.717, 1.165) is 40.3 Å². The van der Waals surface area contributed by atoms with Crippen molar-refractivity contribution in [1.82, 2.24) is 10.2 Å². The molecule has 0 radical (unpaired) electrons. The molecule has 6 nitrogen and oxygen atoms in total. The van der Waals surface area contributed by atoms with Gasteiger partial charge in [0, 0.05) is 30.2 Å².